The van der Waals surface area contributed by atoms with Crippen LogP contribution in [0.1, 0.15) is 42.6 Å². The van der Waals surface area contributed by atoms with E-state index in [4.69, 9.17) is 0 Å². The van der Waals surface area contributed by atoms with Crippen molar-refractivity contribution >= 4 is 5.91 Å². The van der Waals surface area contributed by atoms with Crippen LogP contribution in [0, 0.1) is 12.8 Å². The van der Waals surface area contributed by atoms with Gasteiger partial charge in [-0.3, -0.25) is 4.79 Å². The van der Waals surface area contributed by atoms with Gasteiger partial charge in [0.1, 0.15) is 0 Å². The highest BCUT2D eigenvalue weighted by molar-refractivity contribution is 5.94. The van der Waals surface area contributed by atoms with Crippen LogP contribution >= 0.6 is 0 Å². The van der Waals surface area contributed by atoms with Crippen molar-refractivity contribution in [1.82, 2.24) is 10.2 Å². The van der Waals surface area contributed by atoms with Gasteiger partial charge in [-0.15, -0.1) is 0 Å². The fourth-order valence-electron chi connectivity index (χ4n) is 2.72. The molecule has 0 atom stereocenters. The number of likely N-dealkylation sites (tertiary alicyclic amines) is 1. The molecule has 1 saturated heterocycles. The number of carbonyl (C=O) groups excluding carboxylic acids is 1. The SMILES string of the molecule is Cc1ccc(C(=O)NCC2CCN(C(C)C)CC2)cc1. The molecule has 1 aliphatic rings. The molecule has 0 aromatic heterocycles. The summed E-state index contributed by atoms with van der Waals surface area (Å²) in [5.74, 6) is 0.677. The first-order chi connectivity index (χ1) is 9.56. The van der Waals surface area contributed by atoms with E-state index in [1.807, 2.05) is 31.2 Å². The summed E-state index contributed by atoms with van der Waals surface area (Å²) in [7, 11) is 0. The second kappa shape index (κ2) is 6.89. The van der Waals surface area contributed by atoms with Gasteiger partial charge in [-0.25, -0.2) is 0 Å². The van der Waals surface area contributed by atoms with Crippen molar-refractivity contribution in [1.29, 1.82) is 0 Å². The normalized spacial score (nSPS) is 17.4. The minimum atomic E-state index is 0.0521. The first-order valence-corrected chi connectivity index (χ1v) is 7.65. The number of aryl methyl sites for hydroxylation is 1. The molecule has 1 amide bonds. The highest BCUT2D eigenvalue weighted by Crippen LogP contribution is 2.18. The molecule has 1 heterocycles. The molecule has 0 unspecified atom stereocenters. The summed E-state index contributed by atoms with van der Waals surface area (Å²) in [6.45, 7) is 9.65. The van der Waals surface area contributed by atoms with Crippen molar-refractivity contribution in [3.05, 3.63) is 35.4 Å². The number of piperidine rings is 1. The van der Waals surface area contributed by atoms with Crippen molar-refractivity contribution in [2.75, 3.05) is 19.6 Å². The van der Waals surface area contributed by atoms with Crippen LogP contribution < -0.4 is 5.32 Å². The Kier molecular flexibility index (Phi) is 5.18. The smallest absolute Gasteiger partial charge is 0.251 e. The van der Waals surface area contributed by atoms with Gasteiger partial charge in [-0.1, -0.05) is 17.7 Å². The number of nitrogens with zero attached hydrogens (tertiary/aromatic N) is 1. The molecule has 20 heavy (non-hydrogen) atoms. The lowest BCUT2D eigenvalue weighted by molar-refractivity contribution is 0.0929. The zero-order chi connectivity index (χ0) is 14.5. The highest BCUT2D eigenvalue weighted by atomic mass is 16.1. The fourth-order valence-corrected chi connectivity index (χ4v) is 2.72. The van der Waals surface area contributed by atoms with E-state index in [2.05, 4.69) is 24.1 Å². The summed E-state index contributed by atoms with van der Waals surface area (Å²) < 4.78 is 0. The van der Waals surface area contributed by atoms with Crippen LogP contribution in [0.4, 0.5) is 0 Å². The van der Waals surface area contributed by atoms with Gasteiger partial charge in [0, 0.05) is 18.2 Å². The van der Waals surface area contributed by atoms with E-state index >= 15 is 0 Å². The summed E-state index contributed by atoms with van der Waals surface area (Å²) in [6.07, 6.45) is 2.37. The molecular weight excluding hydrogens is 248 g/mol. The van der Waals surface area contributed by atoms with Crippen LogP contribution in [0.25, 0.3) is 0 Å². The molecule has 1 fully saturated rings. The standard InChI is InChI=1S/C17H26N2O/c1-13(2)19-10-8-15(9-11-19)12-18-17(20)16-6-4-14(3)5-7-16/h4-7,13,15H,8-12H2,1-3H3,(H,18,20). The highest BCUT2D eigenvalue weighted by Gasteiger charge is 2.21. The van der Waals surface area contributed by atoms with E-state index < -0.39 is 0 Å². The first-order valence-electron chi connectivity index (χ1n) is 7.65. The summed E-state index contributed by atoms with van der Waals surface area (Å²) in [5, 5.41) is 3.07. The largest absolute Gasteiger partial charge is 0.352 e. The van der Waals surface area contributed by atoms with E-state index in [0.717, 1.165) is 25.2 Å². The lowest BCUT2D eigenvalue weighted by Gasteiger charge is -2.34. The summed E-state index contributed by atoms with van der Waals surface area (Å²) in [6, 6.07) is 8.39. The van der Waals surface area contributed by atoms with Crippen LogP contribution in [0.15, 0.2) is 24.3 Å². The molecule has 0 bridgehead atoms. The molecule has 3 heteroatoms. The Hall–Kier alpha value is -1.35. The molecule has 1 aliphatic heterocycles. The molecule has 0 spiro atoms. The van der Waals surface area contributed by atoms with Crippen LogP contribution in [0.5, 0.6) is 0 Å². The molecule has 2 rings (SSSR count). The Morgan fingerprint density at radius 1 is 1.25 bits per heavy atom. The fraction of sp³-hybridized carbons (Fsp3) is 0.588. The van der Waals surface area contributed by atoms with Crippen molar-refractivity contribution < 1.29 is 4.79 Å². The molecule has 0 radical (unpaired) electrons. The van der Waals surface area contributed by atoms with Gasteiger partial charge in [-0.2, -0.15) is 0 Å². The molecule has 0 aliphatic carbocycles. The maximum absolute atomic E-state index is 12.0. The minimum Gasteiger partial charge on any atom is -0.352 e. The van der Waals surface area contributed by atoms with Crippen molar-refractivity contribution in [2.45, 2.75) is 39.7 Å². The third-order valence-electron chi connectivity index (χ3n) is 4.24. The van der Waals surface area contributed by atoms with Crippen LogP contribution in [0.3, 0.4) is 0 Å². The maximum atomic E-state index is 12.0. The molecule has 0 saturated carbocycles. The van der Waals surface area contributed by atoms with Crippen LogP contribution in [0.2, 0.25) is 0 Å². The number of benzene rings is 1. The average molecular weight is 274 g/mol. The van der Waals surface area contributed by atoms with Crippen LogP contribution in [-0.2, 0) is 0 Å². The Labute approximate surface area is 122 Å². The second-order valence-electron chi connectivity index (χ2n) is 6.15. The topological polar surface area (TPSA) is 32.3 Å². The quantitative estimate of drug-likeness (QED) is 0.915. The Bertz CT molecular complexity index is 431. The zero-order valence-corrected chi connectivity index (χ0v) is 12.9. The van der Waals surface area contributed by atoms with E-state index in [1.165, 1.54) is 18.4 Å². The predicted molar refractivity (Wildman–Crippen MR) is 82.9 cm³/mol. The van der Waals surface area contributed by atoms with Gasteiger partial charge in [0.2, 0.25) is 0 Å². The average Bonchev–Trinajstić information content (AvgIpc) is 2.46. The van der Waals surface area contributed by atoms with E-state index in [9.17, 15) is 4.79 Å². The van der Waals surface area contributed by atoms with Gasteiger partial charge >= 0.3 is 0 Å². The monoisotopic (exact) mass is 274 g/mol. The molecule has 3 nitrogen and oxygen atoms in total. The van der Waals surface area contributed by atoms with Gasteiger partial charge in [-0.05, 0) is 64.8 Å². The lowest BCUT2D eigenvalue weighted by Crippen LogP contribution is -2.41. The predicted octanol–water partition coefficient (Wildman–Crippen LogP) is 2.85. The molecule has 1 aromatic carbocycles. The maximum Gasteiger partial charge on any atom is 0.251 e. The number of amides is 1. The third-order valence-corrected chi connectivity index (χ3v) is 4.24. The van der Waals surface area contributed by atoms with Crippen molar-refractivity contribution in [3.8, 4) is 0 Å². The van der Waals surface area contributed by atoms with E-state index in [0.29, 0.717) is 12.0 Å². The number of nitrogens with one attached hydrogen (secondary N) is 1. The van der Waals surface area contributed by atoms with Gasteiger partial charge in [0.15, 0.2) is 0 Å². The van der Waals surface area contributed by atoms with Crippen molar-refractivity contribution in [3.63, 3.8) is 0 Å². The number of rotatable bonds is 4. The van der Waals surface area contributed by atoms with Crippen molar-refractivity contribution in [2.24, 2.45) is 5.92 Å². The summed E-state index contributed by atoms with van der Waals surface area (Å²) in [4.78, 5) is 14.6. The Balaban J connectivity index is 1.76. The summed E-state index contributed by atoms with van der Waals surface area (Å²) in [5.41, 5.74) is 1.94. The number of carbonyl (C=O) groups is 1. The van der Waals surface area contributed by atoms with Gasteiger partial charge < -0.3 is 10.2 Å². The van der Waals surface area contributed by atoms with E-state index in [-0.39, 0.29) is 5.91 Å². The molecule has 1 N–H and O–H groups in total. The molecule has 1 aromatic rings. The third kappa shape index (κ3) is 4.07. The molecule has 110 valence electrons. The first kappa shape index (κ1) is 15.0. The van der Waals surface area contributed by atoms with Gasteiger partial charge in [0.25, 0.3) is 5.91 Å². The number of hydrogen-bond acceptors (Lipinski definition) is 2. The van der Waals surface area contributed by atoms with Gasteiger partial charge in [0.05, 0.1) is 0 Å². The Morgan fingerprint density at radius 2 is 1.85 bits per heavy atom. The molecular formula is C17H26N2O. The zero-order valence-electron chi connectivity index (χ0n) is 12.9. The number of hydrogen-bond donors (Lipinski definition) is 1. The van der Waals surface area contributed by atoms with Crippen LogP contribution in [-0.4, -0.2) is 36.5 Å². The van der Waals surface area contributed by atoms with E-state index in [1.54, 1.807) is 0 Å². The Morgan fingerprint density at radius 3 is 2.40 bits per heavy atom. The lowest BCUT2D eigenvalue weighted by atomic mass is 9.96. The second-order valence-corrected chi connectivity index (χ2v) is 6.15. The summed E-state index contributed by atoms with van der Waals surface area (Å²) >= 11 is 0. The minimum absolute atomic E-state index is 0.0521.